The summed E-state index contributed by atoms with van der Waals surface area (Å²) < 4.78 is 0. The number of carbonyl (C=O) groups is 1. The molecule has 0 aromatic carbocycles. The molecule has 0 atom stereocenters. The van der Waals surface area contributed by atoms with Gasteiger partial charge >= 0.3 is 5.97 Å². The van der Waals surface area contributed by atoms with Crippen molar-refractivity contribution < 1.29 is 15.0 Å². The van der Waals surface area contributed by atoms with E-state index in [9.17, 15) is 9.90 Å². The quantitative estimate of drug-likeness (QED) is 0.455. The van der Waals surface area contributed by atoms with Gasteiger partial charge in [0.2, 0.25) is 0 Å². The molecule has 4 heteroatoms. The molecular weight excluding hydrogens is 182 g/mol. The normalized spacial score (nSPS) is 17.4. The monoisotopic (exact) mass is 193 g/mol. The van der Waals surface area contributed by atoms with Crippen molar-refractivity contribution in [3.8, 4) is 0 Å². The SMILES string of the molecule is C=C1CC=C(N)C=C1C(O)=CC(=O)O. The van der Waals surface area contributed by atoms with Crippen molar-refractivity contribution in [3.05, 3.63) is 47.4 Å². The molecule has 4 nitrogen and oxygen atoms in total. The summed E-state index contributed by atoms with van der Waals surface area (Å²) in [7, 11) is 0. The summed E-state index contributed by atoms with van der Waals surface area (Å²) >= 11 is 0. The van der Waals surface area contributed by atoms with E-state index in [1.54, 1.807) is 6.08 Å². The Morgan fingerprint density at radius 1 is 1.57 bits per heavy atom. The van der Waals surface area contributed by atoms with Gasteiger partial charge in [0.15, 0.2) is 0 Å². The summed E-state index contributed by atoms with van der Waals surface area (Å²) in [6, 6.07) is 0. The minimum Gasteiger partial charge on any atom is -0.507 e. The first-order valence-electron chi connectivity index (χ1n) is 4.00. The van der Waals surface area contributed by atoms with Crippen LogP contribution in [0.3, 0.4) is 0 Å². The topological polar surface area (TPSA) is 83.5 Å². The Balaban J connectivity index is 3.02. The molecule has 0 bridgehead atoms. The maximum atomic E-state index is 10.3. The summed E-state index contributed by atoms with van der Waals surface area (Å²) in [5.74, 6) is -1.53. The van der Waals surface area contributed by atoms with Gasteiger partial charge in [0.1, 0.15) is 5.76 Å². The lowest BCUT2D eigenvalue weighted by Crippen LogP contribution is -2.05. The Hall–Kier alpha value is -1.97. The van der Waals surface area contributed by atoms with Gasteiger partial charge in [0.05, 0.1) is 6.08 Å². The molecule has 0 unspecified atom stereocenters. The lowest BCUT2D eigenvalue weighted by molar-refractivity contribution is -0.131. The minimum absolute atomic E-state index is 0.321. The third-order valence-electron chi connectivity index (χ3n) is 1.81. The van der Waals surface area contributed by atoms with Crippen LogP contribution in [0.1, 0.15) is 6.42 Å². The first-order valence-corrected chi connectivity index (χ1v) is 4.00. The second-order valence-corrected chi connectivity index (χ2v) is 2.94. The molecule has 4 N–H and O–H groups in total. The summed E-state index contributed by atoms with van der Waals surface area (Å²) in [4.78, 5) is 10.3. The highest BCUT2D eigenvalue weighted by Crippen LogP contribution is 2.24. The van der Waals surface area contributed by atoms with Gasteiger partial charge in [-0.1, -0.05) is 12.7 Å². The Morgan fingerprint density at radius 2 is 2.21 bits per heavy atom. The summed E-state index contributed by atoms with van der Waals surface area (Å²) in [5, 5.41) is 17.8. The van der Waals surface area contributed by atoms with Gasteiger partial charge in [-0.3, -0.25) is 0 Å². The van der Waals surface area contributed by atoms with Crippen molar-refractivity contribution in [2.75, 3.05) is 0 Å². The van der Waals surface area contributed by atoms with Gasteiger partial charge in [-0.25, -0.2) is 4.79 Å². The van der Waals surface area contributed by atoms with Crippen LogP contribution in [0.2, 0.25) is 0 Å². The van der Waals surface area contributed by atoms with E-state index in [2.05, 4.69) is 6.58 Å². The van der Waals surface area contributed by atoms with Crippen molar-refractivity contribution in [1.29, 1.82) is 0 Å². The molecule has 0 saturated carbocycles. The Bertz CT molecular complexity index is 375. The van der Waals surface area contributed by atoms with Gasteiger partial charge in [-0.15, -0.1) is 0 Å². The second kappa shape index (κ2) is 3.83. The highest BCUT2D eigenvalue weighted by atomic mass is 16.4. The standard InChI is InChI=1S/C10H11NO3/c1-6-2-3-7(11)4-8(6)9(12)5-10(13)14/h3-5,12H,1-2,11H2,(H,13,14). The van der Waals surface area contributed by atoms with Crippen LogP contribution < -0.4 is 5.73 Å². The molecule has 0 aliphatic heterocycles. The number of aliphatic hydroxyl groups is 1. The number of hydrogen-bond acceptors (Lipinski definition) is 3. The van der Waals surface area contributed by atoms with E-state index in [0.29, 0.717) is 23.3 Å². The van der Waals surface area contributed by atoms with Gasteiger partial charge in [0, 0.05) is 11.3 Å². The summed E-state index contributed by atoms with van der Waals surface area (Å²) in [6.07, 6.45) is 4.49. The molecule has 0 saturated heterocycles. The first-order chi connectivity index (χ1) is 6.50. The van der Waals surface area contributed by atoms with Crippen LogP contribution in [0, 0.1) is 0 Å². The number of aliphatic carboxylic acids is 1. The first kappa shape index (κ1) is 10.1. The van der Waals surface area contributed by atoms with E-state index in [1.165, 1.54) is 6.08 Å². The maximum absolute atomic E-state index is 10.3. The summed E-state index contributed by atoms with van der Waals surface area (Å²) in [5.41, 5.74) is 7.04. The maximum Gasteiger partial charge on any atom is 0.332 e. The van der Waals surface area contributed by atoms with Crippen LogP contribution in [0.25, 0.3) is 0 Å². The van der Waals surface area contributed by atoms with Crippen LogP contribution in [-0.4, -0.2) is 16.2 Å². The molecule has 74 valence electrons. The molecule has 14 heavy (non-hydrogen) atoms. The predicted molar refractivity (Wildman–Crippen MR) is 52.5 cm³/mol. The van der Waals surface area contributed by atoms with Crippen LogP contribution in [0.15, 0.2) is 47.4 Å². The Kier molecular flexibility index (Phi) is 2.76. The summed E-state index contributed by atoms with van der Waals surface area (Å²) in [6.45, 7) is 3.70. The third-order valence-corrected chi connectivity index (χ3v) is 1.81. The van der Waals surface area contributed by atoms with E-state index in [4.69, 9.17) is 10.8 Å². The van der Waals surface area contributed by atoms with Crippen LogP contribution in [0.4, 0.5) is 0 Å². The van der Waals surface area contributed by atoms with E-state index in [-0.39, 0.29) is 5.76 Å². The highest BCUT2D eigenvalue weighted by molar-refractivity contribution is 5.81. The van der Waals surface area contributed by atoms with Crippen molar-refractivity contribution >= 4 is 5.97 Å². The van der Waals surface area contributed by atoms with E-state index < -0.39 is 5.97 Å². The fourth-order valence-corrected chi connectivity index (χ4v) is 1.13. The number of hydrogen-bond donors (Lipinski definition) is 3. The molecular formula is C10H11NO3. The number of carboxylic acid groups (broad SMARTS) is 1. The van der Waals surface area contributed by atoms with Crippen molar-refractivity contribution in [2.45, 2.75) is 6.42 Å². The highest BCUT2D eigenvalue weighted by Gasteiger charge is 2.12. The molecule has 0 aromatic rings. The zero-order valence-corrected chi connectivity index (χ0v) is 7.53. The third kappa shape index (κ3) is 2.26. The number of rotatable bonds is 2. The molecule has 0 radical (unpaired) electrons. The van der Waals surface area contributed by atoms with Crippen LogP contribution >= 0.6 is 0 Å². The smallest absolute Gasteiger partial charge is 0.332 e. The van der Waals surface area contributed by atoms with Crippen LogP contribution in [-0.2, 0) is 4.79 Å². The predicted octanol–water partition coefficient (Wildman–Crippen LogP) is 1.24. The molecule has 0 fully saturated rings. The van der Waals surface area contributed by atoms with Gasteiger partial charge in [-0.05, 0) is 18.1 Å². The number of allylic oxidation sites excluding steroid dienone is 3. The zero-order chi connectivity index (χ0) is 10.7. The minimum atomic E-state index is -1.20. The molecule has 1 rings (SSSR count). The second-order valence-electron chi connectivity index (χ2n) is 2.94. The van der Waals surface area contributed by atoms with Crippen LogP contribution in [0.5, 0.6) is 0 Å². The van der Waals surface area contributed by atoms with Gasteiger partial charge in [0.25, 0.3) is 0 Å². The molecule has 1 aliphatic carbocycles. The van der Waals surface area contributed by atoms with E-state index in [1.807, 2.05) is 0 Å². The number of nitrogens with two attached hydrogens (primary N) is 1. The van der Waals surface area contributed by atoms with E-state index >= 15 is 0 Å². The lowest BCUT2D eigenvalue weighted by atomic mass is 9.96. The van der Waals surface area contributed by atoms with Crippen molar-refractivity contribution in [1.82, 2.24) is 0 Å². The number of aliphatic hydroxyl groups excluding tert-OH is 1. The molecule has 0 heterocycles. The number of carboxylic acids is 1. The molecule has 0 aromatic heterocycles. The molecule has 0 spiro atoms. The van der Waals surface area contributed by atoms with E-state index in [0.717, 1.165) is 6.08 Å². The van der Waals surface area contributed by atoms with Gasteiger partial charge in [-0.2, -0.15) is 0 Å². The average Bonchev–Trinajstić information content (AvgIpc) is 2.08. The van der Waals surface area contributed by atoms with Crippen molar-refractivity contribution in [2.24, 2.45) is 5.73 Å². The molecule has 0 amide bonds. The lowest BCUT2D eigenvalue weighted by Gasteiger charge is -2.13. The fourth-order valence-electron chi connectivity index (χ4n) is 1.13. The van der Waals surface area contributed by atoms with Gasteiger partial charge < -0.3 is 15.9 Å². The van der Waals surface area contributed by atoms with Crippen molar-refractivity contribution in [3.63, 3.8) is 0 Å². The fraction of sp³-hybridized carbons (Fsp3) is 0.100. The average molecular weight is 193 g/mol. The largest absolute Gasteiger partial charge is 0.507 e. The molecule has 1 aliphatic rings. The Labute approximate surface area is 81.3 Å². The Morgan fingerprint density at radius 3 is 2.79 bits per heavy atom. The zero-order valence-electron chi connectivity index (χ0n) is 7.53.